The minimum atomic E-state index is -0.125. The topological polar surface area (TPSA) is 81.2 Å². The van der Waals surface area contributed by atoms with Crippen LogP contribution in [-0.4, -0.2) is 22.1 Å². The van der Waals surface area contributed by atoms with Gasteiger partial charge >= 0.3 is 0 Å². The van der Waals surface area contributed by atoms with Crippen LogP contribution in [0.2, 0.25) is 0 Å². The molecule has 0 saturated heterocycles. The van der Waals surface area contributed by atoms with Crippen molar-refractivity contribution in [2.75, 3.05) is 0 Å². The zero-order valence-corrected chi connectivity index (χ0v) is 12.9. The number of nitrogens with one attached hydrogen (secondary N) is 1. The fraction of sp³-hybridized carbons (Fsp3) is 0.235. The van der Waals surface area contributed by atoms with Crippen molar-refractivity contribution in [2.45, 2.75) is 26.3 Å². The molecule has 3 rings (SSSR count). The summed E-state index contributed by atoms with van der Waals surface area (Å²) < 4.78 is 10.2. The Morgan fingerprint density at radius 3 is 2.65 bits per heavy atom. The number of furan rings is 1. The molecular weight excluding hydrogens is 294 g/mol. The second-order valence-corrected chi connectivity index (χ2v) is 5.37. The smallest absolute Gasteiger partial charge is 0.251 e. The Bertz CT molecular complexity index is 776. The van der Waals surface area contributed by atoms with Crippen molar-refractivity contribution >= 4 is 5.91 Å². The molecule has 1 N–H and O–H groups in total. The van der Waals surface area contributed by atoms with E-state index in [0.29, 0.717) is 23.7 Å². The average Bonchev–Trinajstić information content (AvgIpc) is 3.19. The van der Waals surface area contributed by atoms with Crippen molar-refractivity contribution in [3.63, 3.8) is 0 Å². The van der Waals surface area contributed by atoms with Gasteiger partial charge in [-0.2, -0.15) is 4.98 Å². The van der Waals surface area contributed by atoms with Gasteiger partial charge in [0.15, 0.2) is 0 Å². The number of amides is 1. The van der Waals surface area contributed by atoms with E-state index in [1.165, 1.54) is 0 Å². The van der Waals surface area contributed by atoms with Crippen LogP contribution in [0.25, 0.3) is 11.4 Å². The van der Waals surface area contributed by atoms with Crippen LogP contribution in [0.3, 0.4) is 0 Å². The molecule has 6 heteroatoms. The van der Waals surface area contributed by atoms with Gasteiger partial charge in [-0.25, -0.2) is 0 Å². The summed E-state index contributed by atoms with van der Waals surface area (Å²) in [6.45, 7) is 3.68. The Hall–Kier alpha value is -2.89. The maximum absolute atomic E-state index is 12.2. The molecule has 0 unspecified atom stereocenters. The van der Waals surface area contributed by atoms with Crippen molar-refractivity contribution in [2.24, 2.45) is 0 Å². The number of nitrogens with zero attached hydrogens (tertiary/aromatic N) is 2. The van der Waals surface area contributed by atoms with E-state index < -0.39 is 0 Å². The third-order valence-electron chi connectivity index (χ3n) is 3.40. The molecule has 0 spiro atoms. The molecule has 1 aromatic carbocycles. The molecule has 0 aliphatic heterocycles. The van der Waals surface area contributed by atoms with Gasteiger partial charge in [0.05, 0.1) is 6.26 Å². The van der Waals surface area contributed by atoms with Gasteiger partial charge in [-0.1, -0.05) is 17.3 Å². The molecule has 0 fully saturated rings. The lowest BCUT2D eigenvalue weighted by Crippen LogP contribution is -2.33. The first-order chi connectivity index (χ1) is 11.1. The number of benzene rings is 1. The summed E-state index contributed by atoms with van der Waals surface area (Å²) >= 11 is 0. The Balaban J connectivity index is 1.63. The van der Waals surface area contributed by atoms with Crippen molar-refractivity contribution in [3.05, 3.63) is 59.9 Å². The highest BCUT2D eigenvalue weighted by atomic mass is 16.5. The Morgan fingerprint density at radius 2 is 2.04 bits per heavy atom. The monoisotopic (exact) mass is 311 g/mol. The lowest BCUT2D eigenvalue weighted by molar-refractivity contribution is 0.0939. The SMILES string of the molecule is Cc1nc(-c2ccc(C(=O)N[C@H](C)Cc3ccco3)cc2)no1. The third kappa shape index (κ3) is 3.66. The summed E-state index contributed by atoms with van der Waals surface area (Å²) in [5.41, 5.74) is 1.39. The first-order valence-corrected chi connectivity index (χ1v) is 7.36. The Kier molecular flexibility index (Phi) is 4.23. The van der Waals surface area contributed by atoms with Crippen LogP contribution in [-0.2, 0) is 6.42 Å². The second kappa shape index (κ2) is 6.48. The van der Waals surface area contributed by atoms with Crippen molar-refractivity contribution < 1.29 is 13.7 Å². The molecule has 0 aliphatic carbocycles. The van der Waals surface area contributed by atoms with Crippen LogP contribution >= 0.6 is 0 Å². The maximum atomic E-state index is 12.2. The minimum Gasteiger partial charge on any atom is -0.469 e. The number of carbonyl (C=O) groups is 1. The van der Waals surface area contributed by atoms with E-state index >= 15 is 0 Å². The van der Waals surface area contributed by atoms with Crippen LogP contribution in [0.15, 0.2) is 51.6 Å². The quantitative estimate of drug-likeness (QED) is 0.783. The minimum absolute atomic E-state index is 0.0202. The zero-order chi connectivity index (χ0) is 16.2. The fourth-order valence-electron chi connectivity index (χ4n) is 2.28. The van der Waals surface area contributed by atoms with Gasteiger partial charge in [-0.05, 0) is 31.2 Å². The Morgan fingerprint density at radius 1 is 1.26 bits per heavy atom. The number of carbonyl (C=O) groups excluding carboxylic acids is 1. The van der Waals surface area contributed by atoms with Crippen molar-refractivity contribution in [1.82, 2.24) is 15.5 Å². The van der Waals surface area contributed by atoms with Gasteiger partial charge in [-0.3, -0.25) is 4.79 Å². The molecule has 1 amide bonds. The van der Waals surface area contributed by atoms with E-state index in [4.69, 9.17) is 8.94 Å². The summed E-state index contributed by atoms with van der Waals surface area (Å²) in [6.07, 6.45) is 2.28. The van der Waals surface area contributed by atoms with Crippen LogP contribution in [0.5, 0.6) is 0 Å². The molecule has 118 valence electrons. The van der Waals surface area contributed by atoms with Gasteiger partial charge in [0.2, 0.25) is 11.7 Å². The maximum Gasteiger partial charge on any atom is 0.251 e. The summed E-state index contributed by atoms with van der Waals surface area (Å²) in [6, 6.07) is 10.8. The molecule has 0 aliphatic rings. The molecule has 1 atom stereocenters. The van der Waals surface area contributed by atoms with E-state index in [1.807, 2.05) is 19.1 Å². The summed E-state index contributed by atoms with van der Waals surface area (Å²) in [4.78, 5) is 16.4. The summed E-state index contributed by atoms with van der Waals surface area (Å²) in [5, 5.41) is 6.80. The van der Waals surface area contributed by atoms with E-state index in [-0.39, 0.29) is 11.9 Å². The normalized spacial score (nSPS) is 12.1. The highest BCUT2D eigenvalue weighted by Gasteiger charge is 2.12. The first-order valence-electron chi connectivity index (χ1n) is 7.36. The van der Waals surface area contributed by atoms with Crippen LogP contribution < -0.4 is 5.32 Å². The number of hydrogen-bond donors (Lipinski definition) is 1. The fourth-order valence-corrected chi connectivity index (χ4v) is 2.28. The molecule has 2 heterocycles. The number of aryl methyl sites for hydroxylation is 1. The first kappa shape index (κ1) is 15.0. The standard InChI is InChI=1S/C17H17N3O3/c1-11(10-15-4-3-9-22-15)18-17(21)14-7-5-13(6-8-14)16-19-12(2)23-20-16/h3-9,11H,10H2,1-2H3,(H,18,21)/t11-/m1/s1. The average molecular weight is 311 g/mol. The molecule has 23 heavy (non-hydrogen) atoms. The number of hydrogen-bond acceptors (Lipinski definition) is 5. The summed E-state index contributed by atoms with van der Waals surface area (Å²) in [5.74, 6) is 1.75. The third-order valence-corrected chi connectivity index (χ3v) is 3.40. The largest absolute Gasteiger partial charge is 0.469 e. The van der Waals surface area contributed by atoms with Crippen molar-refractivity contribution in [3.8, 4) is 11.4 Å². The van der Waals surface area contributed by atoms with Crippen LogP contribution in [0.4, 0.5) is 0 Å². The highest BCUT2D eigenvalue weighted by Crippen LogP contribution is 2.16. The van der Waals surface area contributed by atoms with E-state index in [0.717, 1.165) is 11.3 Å². The molecule has 0 bridgehead atoms. The Labute approximate surface area is 133 Å². The predicted octanol–water partition coefficient (Wildman–Crippen LogP) is 3.00. The van der Waals surface area contributed by atoms with Gasteiger partial charge < -0.3 is 14.3 Å². The second-order valence-electron chi connectivity index (χ2n) is 5.37. The van der Waals surface area contributed by atoms with Crippen LogP contribution in [0, 0.1) is 6.92 Å². The molecule has 0 saturated carbocycles. The van der Waals surface area contributed by atoms with E-state index in [1.54, 1.807) is 37.5 Å². The molecule has 6 nitrogen and oxygen atoms in total. The summed E-state index contributed by atoms with van der Waals surface area (Å²) in [7, 11) is 0. The highest BCUT2D eigenvalue weighted by molar-refractivity contribution is 5.94. The van der Waals surface area contributed by atoms with Gasteiger partial charge in [0.1, 0.15) is 5.76 Å². The van der Waals surface area contributed by atoms with E-state index in [9.17, 15) is 4.79 Å². The van der Waals surface area contributed by atoms with Crippen LogP contribution in [0.1, 0.15) is 28.9 Å². The zero-order valence-electron chi connectivity index (χ0n) is 12.9. The van der Waals surface area contributed by atoms with Gasteiger partial charge in [0, 0.05) is 30.5 Å². The molecule has 0 radical (unpaired) electrons. The molecule has 2 aromatic heterocycles. The molecular formula is C17H17N3O3. The lowest BCUT2D eigenvalue weighted by Gasteiger charge is -2.12. The number of rotatable bonds is 5. The lowest BCUT2D eigenvalue weighted by atomic mass is 10.1. The predicted molar refractivity (Wildman–Crippen MR) is 83.8 cm³/mol. The molecule has 3 aromatic rings. The number of aromatic nitrogens is 2. The van der Waals surface area contributed by atoms with Gasteiger partial charge in [-0.15, -0.1) is 0 Å². The van der Waals surface area contributed by atoms with Crippen molar-refractivity contribution in [1.29, 1.82) is 0 Å². The van der Waals surface area contributed by atoms with E-state index in [2.05, 4.69) is 15.5 Å². The van der Waals surface area contributed by atoms with Gasteiger partial charge in [0.25, 0.3) is 5.91 Å².